The van der Waals surface area contributed by atoms with Gasteiger partial charge in [0.1, 0.15) is 5.82 Å². The molecule has 1 fully saturated rings. The zero-order valence-electron chi connectivity index (χ0n) is 13.2. The van der Waals surface area contributed by atoms with E-state index in [0.717, 1.165) is 26.2 Å². The molecule has 0 aromatic heterocycles. The molecule has 1 amide bonds. The summed E-state index contributed by atoms with van der Waals surface area (Å²) in [5.41, 5.74) is 0.0706. The number of carbonyl (C=O) groups is 2. The maximum Gasteiger partial charge on any atom is 0.308 e. The molecule has 7 heteroatoms. The first-order valence-corrected chi connectivity index (χ1v) is 7.64. The molecular weight excluding hydrogens is 301 g/mol. The summed E-state index contributed by atoms with van der Waals surface area (Å²) in [5.74, 6) is -2.83. The van der Waals surface area contributed by atoms with Gasteiger partial charge >= 0.3 is 5.97 Å². The number of carboxylic acid groups (broad SMARTS) is 1. The van der Waals surface area contributed by atoms with Crippen molar-refractivity contribution in [1.82, 2.24) is 9.80 Å². The van der Waals surface area contributed by atoms with Crippen LogP contribution in [0.3, 0.4) is 0 Å². The SMILES string of the molecule is CN1CCN(CC(CC(=O)Nc2ccccc2F)C(=O)O)CC1. The minimum Gasteiger partial charge on any atom is -0.481 e. The molecule has 1 atom stereocenters. The quantitative estimate of drug-likeness (QED) is 0.820. The van der Waals surface area contributed by atoms with Crippen molar-refractivity contribution in [3.8, 4) is 0 Å². The van der Waals surface area contributed by atoms with Gasteiger partial charge < -0.3 is 15.3 Å². The molecule has 0 aliphatic carbocycles. The van der Waals surface area contributed by atoms with E-state index in [0.29, 0.717) is 6.54 Å². The summed E-state index contributed by atoms with van der Waals surface area (Å²) in [7, 11) is 2.02. The van der Waals surface area contributed by atoms with Crippen LogP contribution in [-0.4, -0.2) is 66.6 Å². The molecule has 0 spiro atoms. The van der Waals surface area contributed by atoms with Gasteiger partial charge in [-0.25, -0.2) is 4.39 Å². The van der Waals surface area contributed by atoms with E-state index in [4.69, 9.17) is 0 Å². The molecule has 1 aliphatic heterocycles. The molecule has 1 saturated heterocycles. The number of nitrogens with one attached hydrogen (secondary N) is 1. The first kappa shape index (κ1) is 17.4. The van der Waals surface area contributed by atoms with Crippen molar-refractivity contribution < 1.29 is 19.1 Å². The Morgan fingerprint density at radius 2 is 1.91 bits per heavy atom. The normalized spacial score (nSPS) is 17.7. The van der Waals surface area contributed by atoms with Gasteiger partial charge in [-0.1, -0.05) is 12.1 Å². The van der Waals surface area contributed by atoms with E-state index in [1.807, 2.05) is 7.05 Å². The molecular formula is C16H22FN3O3. The number of benzene rings is 1. The largest absolute Gasteiger partial charge is 0.481 e. The number of carbonyl (C=O) groups excluding carboxylic acids is 1. The van der Waals surface area contributed by atoms with Crippen molar-refractivity contribution in [2.24, 2.45) is 5.92 Å². The van der Waals surface area contributed by atoms with Gasteiger partial charge in [-0.15, -0.1) is 0 Å². The summed E-state index contributed by atoms with van der Waals surface area (Å²) in [4.78, 5) is 27.6. The highest BCUT2D eigenvalue weighted by atomic mass is 19.1. The fourth-order valence-electron chi connectivity index (χ4n) is 2.56. The second kappa shape index (κ2) is 8.03. The fraction of sp³-hybridized carbons (Fsp3) is 0.500. The number of hydrogen-bond donors (Lipinski definition) is 2. The Hall–Kier alpha value is -1.99. The number of rotatable bonds is 6. The predicted molar refractivity (Wildman–Crippen MR) is 84.7 cm³/mol. The summed E-state index contributed by atoms with van der Waals surface area (Å²) in [6, 6.07) is 5.83. The zero-order chi connectivity index (χ0) is 16.8. The molecule has 0 bridgehead atoms. The lowest BCUT2D eigenvalue weighted by Gasteiger charge is -2.33. The van der Waals surface area contributed by atoms with E-state index >= 15 is 0 Å². The van der Waals surface area contributed by atoms with Crippen molar-refractivity contribution in [2.75, 3.05) is 45.1 Å². The standard InChI is InChI=1S/C16H22FN3O3/c1-19-6-8-20(9-7-19)11-12(16(22)23)10-15(21)18-14-5-3-2-4-13(14)17/h2-5,12H,6-11H2,1H3,(H,18,21)(H,22,23). The van der Waals surface area contributed by atoms with Gasteiger partial charge in [0.05, 0.1) is 11.6 Å². The second-order valence-corrected chi connectivity index (χ2v) is 5.87. The summed E-state index contributed by atoms with van der Waals surface area (Å²) >= 11 is 0. The highest BCUT2D eigenvalue weighted by Gasteiger charge is 2.26. The van der Waals surface area contributed by atoms with Crippen LogP contribution < -0.4 is 5.32 Å². The van der Waals surface area contributed by atoms with E-state index < -0.39 is 23.6 Å². The van der Waals surface area contributed by atoms with Crippen LogP contribution in [0, 0.1) is 11.7 Å². The number of amides is 1. The van der Waals surface area contributed by atoms with Crippen molar-refractivity contribution in [1.29, 1.82) is 0 Å². The lowest BCUT2D eigenvalue weighted by atomic mass is 10.0. The Kier molecular flexibility index (Phi) is 6.06. The molecule has 126 valence electrons. The molecule has 6 nitrogen and oxygen atoms in total. The third-order valence-corrected chi connectivity index (χ3v) is 4.00. The summed E-state index contributed by atoms with van der Waals surface area (Å²) in [5, 5.41) is 11.8. The monoisotopic (exact) mass is 323 g/mol. The molecule has 1 heterocycles. The van der Waals surface area contributed by atoms with Gasteiger partial charge in [0.25, 0.3) is 0 Å². The van der Waals surface area contributed by atoms with Gasteiger partial charge in [0.15, 0.2) is 0 Å². The van der Waals surface area contributed by atoms with Crippen LogP contribution in [0.5, 0.6) is 0 Å². The highest BCUT2D eigenvalue weighted by molar-refractivity contribution is 5.93. The van der Waals surface area contributed by atoms with Gasteiger partial charge in [-0.3, -0.25) is 14.5 Å². The molecule has 2 N–H and O–H groups in total. The van der Waals surface area contributed by atoms with E-state index in [1.54, 1.807) is 6.07 Å². The molecule has 0 saturated carbocycles. The topological polar surface area (TPSA) is 72.9 Å². The molecule has 2 rings (SSSR count). The van der Waals surface area contributed by atoms with Gasteiger partial charge in [-0.05, 0) is 19.2 Å². The minimum atomic E-state index is -1.01. The highest BCUT2D eigenvalue weighted by Crippen LogP contribution is 2.15. The number of piperazine rings is 1. The first-order chi connectivity index (χ1) is 11.0. The van der Waals surface area contributed by atoms with Crippen LogP contribution in [0.1, 0.15) is 6.42 Å². The van der Waals surface area contributed by atoms with E-state index in [9.17, 15) is 19.1 Å². The summed E-state index contributed by atoms with van der Waals surface area (Å²) < 4.78 is 13.5. The number of aliphatic carboxylic acids is 1. The van der Waals surface area contributed by atoms with Crippen molar-refractivity contribution in [3.05, 3.63) is 30.1 Å². The first-order valence-electron chi connectivity index (χ1n) is 7.64. The molecule has 0 radical (unpaired) electrons. The second-order valence-electron chi connectivity index (χ2n) is 5.87. The predicted octanol–water partition coefficient (Wildman–Crippen LogP) is 1.10. The van der Waals surface area contributed by atoms with Crippen molar-refractivity contribution >= 4 is 17.6 Å². The average Bonchev–Trinajstić information content (AvgIpc) is 2.51. The lowest BCUT2D eigenvalue weighted by Crippen LogP contribution is -2.47. The Morgan fingerprint density at radius 1 is 1.26 bits per heavy atom. The number of anilines is 1. The molecule has 23 heavy (non-hydrogen) atoms. The van der Waals surface area contributed by atoms with Crippen LogP contribution in [0.4, 0.5) is 10.1 Å². The van der Waals surface area contributed by atoms with Gasteiger partial charge in [0.2, 0.25) is 5.91 Å². The van der Waals surface area contributed by atoms with Crippen molar-refractivity contribution in [2.45, 2.75) is 6.42 Å². The van der Waals surface area contributed by atoms with Crippen LogP contribution >= 0.6 is 0 Å². The van der Waals surface area contributed by atoms with E-state index in [1.165, 1.54) is 18.2 Å². The van der Waals surface area contributed by atoms with Gasteiger partial charge in [-0.2, -0.15) is 0 Å². The van der Waals surface area contributed by atoms with Crippen molar-refractivity contribution in [3.63, 3.8) is 0 Å². The molecule has 1 aromatic carbocycles. The molecule has 1 aromatic rings. The van der Waals surface area contributed by atoms with Crippen LogP contribution in [0.2, 0.25) is 0 Å². The van der Waals surface area contributed by atoms with Crippen LogP contribution in [0.15, 0.2) is 24.3 Å². The number of carboxylic acids is 1. The maximum absolute atomic E-state index is 13.5. The zero-order valence-corrected chi connectivity index (χ0v) is 13.2. The minimum absolute atomic E-state index is 0.0706. The number of para-hydroxylation sites is 1. The number of hydrogen-bond acceptors (Lipinski definition) is 4. The van der Waals surface area contributed by atoms with E-state index in [2.05, 4.69) is 15.1 Å². The lowest BCUT2D eigenvalue weighted by molar-refractivity contribution is -0.144. The summed E-state index contributed by atoms with van der Waals surface area (Å²) in [6.07, 6.45) is -0.171. The Bertz CT molecular complexity index is 559. The summed E-state index contributed by atoms with van der Waals surface area (Å²) in [6.45, 7) is 3.67. The Labute approximate surface area is 134 Å². The van der Waals surface area contributed by atoms with Crippen LogP contribution in [-0.2, 0) is 9.59 Å². The van der Waals surface area contributed by atoms with E-state index in [-0.39, 0.29) is 12.1 Å². The van der Waals surface area contributed by atoms with Gasteiger partial charge in [0, 0.05) is 39.1 Å². The Morgan fingerprint density at radius 3 is 2.52 bits per heavy atom. The number of nitrogens with zero attached hydrogens (tertiary/aromatic N) is 2. The third kappa shape index (κ3) is 5.30. The Balaban J connectivity index is 1.90. The number of likely N-dealkylation sites (N-methyl/N-ethyl adjacent to an activating group) is 1. The smallest absolute Gasteiger partial charge is 0.308 e. The number of halogens is 1. The van der Waals surface area contributed by atoms with Crippen LogP contribution in [0.25, 0.3) is 0 Å². The molecule has 1 aliphatic rings. The average molecular weight is 323 g/mol. The maximum atomic E-state index is 13.5. The fourth-order valence-corrected chi connectivity index (χ4v) is 2.56. The molecule has 1 unspecified atom stereocenters. The third-order valence-electron chi connectivity index (χ3n) is 4.00.